The highest BCUT2D eigenvalue weighted by Gasteiger charge is 2.38. The fourth-order valence-electron chi connectivity index (χ4n) is 1.97. The van der Waals surface area contributed by atoms with Crippen molar-refractivity contribution in [3.8, 4) is 0 Å². The Morgan fingerprint density at radius 3 is 2.88 bits per heavy atom. The highest BCUT2D eigenvalue weighted by molar-refractivity contribution is 8.01. The molecule has 1 aliphatic heterocycles. The van der Waals surface area contributed by atoms with Crippen molar-refractivity contribution in [2.24, 2.45) is 5.92 Å². The van der Waals surface area contributed by atoms with Crippen LogP contribution in [0.3, 0.4) is 0 Å². The number of amides is 1. The molecular formula is C10H15N3OS2. The number of rotatable bonds is 4. The highest BCUT2D eigenvalue weighted by atomic mass is 32.2. The summed E-state index contributed by atoms with van der Waals surface area (Å²) in [7, 11) is 0. The molecule has 2 heterocycles. The first-order chi connectivity index (χ1) is 7.77. The van der Waals surface area contributed by atoms with Gasteiger partial charge in [-0.25, -0.2) is 0 Å². The Bertz CT molecular complexity index is 351. The molecule has 2 rings (SSSR count). The molecule has 1 aromatic rings. The Balaban J connectivity index is 2.22. The summed E-state index contributed by atoms with van der Waals surface area (Å²) in [6, 6.07) is 0. The first-order valence-corrected chi connectivity index (χ1v) is 7.40. The van der Waals surface area contributed by atoms with E-state index >= 15 is 0 Å². The van der Waals surface area contributed by atoms with Crippen LogP contribution in [-0.4, -0.2) is 27.2 Å². The average molecular weight is 257 g/mol. The summed E-state index contributed by atoms with van der Waals surface area (Å²) in [6.45, 7) is 4.35. The predicted octanol–water partition coefficient (Wildman–Crippen LogP) is 2.38. The lowest BCUT2D eigenvalue weighted by Crippen LogP contribution is -2.37. The van der Waals surface area contributed by atoms with Gasteiger partial charge in [0.1, 0.15) is 5.51 Å². The van der Waals surface area contributed by atoms with Gasteiger partial charge in [0.05, 0.1) is 11.1 Å². The molecule has 0 bridgehead atoms. The van der Waals surface area contributed by atoms with Crippen LogP contribution in [0.25, 0.3) is 0 Å². The number of carbonyl (C=O) groups excluding carboxylic acids is 1. The molecule has 6 heteroatoms. The van der Waals surface area contributed by atoms with E-state index in [2.05, 4.69) is 24.0 Å². The smallest absolute Gasteiger partial charge is 0.239 e. The molecule has 88 valence electrons. The first kappa shape index (κ1) is 11.9. The van der Waals surface area contributed by atoms with E-state index in [-0.39, 0.29) is 11.3 Å². The van der Waals surface area contributed by atoms with Crippen LogP contribution in [0.2, 0.25) is 0 Å². The molecule has 0 N–H and O–H groups in total. The molecule has 0 aromatic carbocycles. The van der Waals surface area contributed by atoms with Crippen LogP contribution in [0.15, 0.2) is 5.51 Å². The Morgan fingerprint density at radius 2 is 2.31 bits per heavy atom. The van der Waals surface area contributed by atoms with Gasteiger partial charge in [-0.05, 0) is 5.92 Å². The van der Waals surface area contributed by atoms with Gasteiger partial charge in [0, 0.05) is 0 Å². The highest BCUT2D eigenvalue weighted by Crippen LogP contribution is 2.37. The number of nitrogens with zero attached hydrogens (tertiary/aromatic N) is 3. The zero-order valence-corrected chi connectivity index (χ0v) is 11.1. The minimum Gasteiger partial charge on any atom is -0.273 e. The van der Waals surface area contributed by atoms with Crippen LogP contribution in [0.5, 0.6) is 0 Å². The maximum absolute atomic E-state index is 11.9. The number of hydrogen-bond acceptors (Lipinski definition) is 5. The number of hydrogen-bond donors (Lipinski definition) is 0. The molecular weight excluding hydrogens is 242 g/mol. The van der Waals surface area contributed by atoms with E-state index in [0.717, 1.165) is 18.0 Å². The molecule has 1 atom stereocenters. The fourth-order valence-corrected chi connectivity index (χ4v) is 4.12. The summed E-state index contributed by atoms with van der Waals surface area (Å²) in [5.74, 6) is 1.28. The van der Waals surface area contributed by atoms with Crippen LogP contribution >= 0.6 is 23.1 Å². The van der Waals surface area contributed by atoms with Gasteiger partial charge in [0.15, 0.2) is 0 Å². The second-order valence-electron chi connectivity index (χ2n) is 3.76. The van der Waals surface area contributed by atoms with Gasteiger partial charge in [-0.15, -0.1) is 22.0 Å². The minimum atomic E-state index is 0.165. The second-order valence-corrected chi connectivity index (χ2v) is 5.68. The topological polar surface area (TPSA) is 46.1 Å². The molecule has 0 radical (unpaired) electrons. The van der Waals surface area contributed by atoms with Crippen molar-refractivity contribution < 1.29 is 4.79 Å². The van der Waals surface area contributed by atoms with Crippen LogP contribution in [-0.2, 0) is 4.79 Å². The predicted molar refractivity (Wildman–Crippen MR) is 67.7 cm³/mol. The van der Waals surface area contributed by atoms with Gasteiger partial charge in [0.2, 0.25) is 11.0 Å². The van der Waals surface area contributed by atoms with Gasteiger partial charge in [-0.1, -0.05) is 38.0 Å². The molecule has 1 saturated heterocycles. The molecule has 0 unspecified atom stereocenters. The first-order valence-electron chi connectivity index (χ1n) is 5.47. The Labute approximate surface area is 103 Å². The maximum Gasteiger partial charge on any atom is 0.239 e. The van der Waals surface area contributed by atoms with Crippen LogP contribution in [0.1, 0.15) is 26.7 Å². The maximum atomic E-state index is 11.9. The lowest BCUT2D eigenvalue weighted by molar-refractivity contribution is -0.116. The summed E-state index contributed by atoms with van der Waals surface area (Å²) >= 11 is 3.16. The van der Waals surface area contributed by atoms with E-state index in [9.17, 15) is 4.79 Å². The summed E-state index contributed by atoms with van der Waals surface area (Å²) in [5, 5.41) is 8.81. The van der Waals surface area contributed by atoms with E-state index in [1.807, 2.05) is 4.90 Å². The van der Waals surface area contributed by atoms with Gasteiger partial charge < -0.3 is 0 Å². The lowest BCUT2D eigenvalue weighted by atomic mass is 10.0. The van der Waals surface area contributed by atoms with Crippen molar-refractivity contribution >= 4 is 34.1 Å². The summed E-state index contributed by atoms with van der Waals surface area (Å²) in [5.41, 5.74) is 1.68. The van der Waals surface area contributed by atoms with Crippen LogP contribution in [0.4, 0.5) is 5.13 Å². The zero-order valence-electron chi connectivity index (χ0n) is 9.42. The number of carbonyl (C=O) groups is 1. The second kappa shape index (κ2) is 5.14. The van der Waals surface area contributed by atoms with Crippen molar-refractivity contribution in [3.05, 3.63) is 5.51 Å². The summed E-state index contributed by atoms with van der Waals surface area (Å²) < 4.78 is 0. The van der Waals surface area contributed by atoms with Crippen molar-refractivity contribution in [3.63, 3.8) is 0 Å². The van der Waals surface area contributed by atoms with Crippen molar-refractivity contribution in [2.45, 2.75) is 32.1 Å². The van der Waals surface area contributed by atoms with Gasteiger partial charge in [0.25, 0.3) is 0 Å². The standard InChI is InChI=1S/C10H15N3OS2/c1-3-7(4-2)9-13(8(14)5-15-9)10-12-11-6-16-10/h6-7,9H,3-5H2,1-2H3/t9-/m1/s1. The Morgan fingerprint density at radius 1 is 1.56 bits per heavy atom. The van der Waals surface area contributed by atoms with Crippen molar-refractivity contribution in [1.82, 2.24) is 10.2 Å². The molecule has 1 aliphatic rings. The molecule has 0 aliphatic carbocycles. The molecule has 0 saturated carbocycles. The third kappa shape index (κ3) is 2.08. The van der Waals surface area contributed by atoms with E-state index in [1.165, 1.54) is 11.3 Å². The van der Waals surface area contributed by atoms with E-state index in [1.54, 1.807) is 17.3 Å². The van der Waals surface area contributed by atoms with E-state index < -0.39 is 0 Å². The van der Waals surface area contributed by atoms with Gasteiger partial charge >= 0.3 is 0 Å². The molecule has 4 nitrogen and oxygen atoms in total. The number of anilines is 1. The quantitative estimate of drug-likeness (QED) is 0.831. The zero-order chi connectivity index (χ0) is 11.5. The molecule has 16 heavy (non-hydrogen) atoms. The SMILES string of the molecule is CCC(CC)[C@H]1SCC(=O)N1c1nncs1. The third-order valence-corrected chi connectivity index (χ3v) is 4.95. The van der Waals surface area contributed by atoms with Crippen LogP contribution in [0, 0.1) is 5.92 Å². The average Bonchev–Trinajstić information content (AvgIpc) is 2.90. The number of thioether (sulfide) groups is 1. The van der Waals surface area contributed by atoms with E-state index in [4.69, 9.17) is 0 Å². The van der Waals surface area contributed by atoms with Crippen molar-refractivity contribution in [2.75, 3.05) is 10.7 Å². The summed E-state index contributed by atoms with van der Waals surface area (Å²) in [4.78, 5) is 13.7. The fraction of sp³-hybridized carbons (Fsp3) is 0.700. The largest absolute Gasteiger partial charge is 0.273 e. The Kier molecular flexibility index (Phi) is 3.81. The lowest BCUT2D eigenvalue weighted by Gasteiger charge is -2.27. The van der Waals surface area contributed by atoms with Crippen molar-refractivity contribution in [1.29, 1.82) is 0 Å². The molecule has 1 fully saturated rings. The van der Waals surface area contributed by atoms with E-state index in [0.29, 0.717) is 11.7 Å². The Hall–Kier alpha value is -0.620. The number of aromatic nitrogens is 2. The molecule has 1 amide bonds. The minimum absolute atomic E-state index is 0.165. The van der Waals surface area contributed by atoms with Gasteiger partial charge in [-0.3, -0.25) is 9.69 Å². The normalized spacial score (nSPS) is 21.1. The summed E-state index contributed by atoms with van der Waals surface area (Å²) in [6.07, 6.45) is 2.19. The third-order valence-electron chi connectivity index (χ3n) is 2.91. The molecule has 0 spiro atoms. The van der Waals surface area contributed by atoms with Crippen LogP contribution < -0.4 is 4.90 Å². The monoisotopic (exact) mass is 257 g/mol. The molecule has 1 aromatic heterocycles. The van der Waals surface area contributed by atoms with Gasteiger partial charge in [-0.2, -0.15) is 0 Å².